The van der Waals surface area contributed by atoms with Crippen LogP contribution in [0.1, 0.15) is 24.2 Å². The van der Waals surface area contributed by atoms with Crippen molar-refractivity contribution < 1.29 is 0 Å². The molecule has 102 valence electrons. The van der Waals surface area contributed by atoms with E-state index in [1.165, 1.54) is 0 Å². The summed E-state index contributed by atoms with van der Waals surface area (Å²) >= 11 is 19.2. The number of hydrogen-bond donors (Lipinski definition) is 2. The molecular weight excluding hydrogens is 327 g/mol. The van der Waals surface area contributed by atoms with Gasteiger partial charge in [0.1, 0.15) is 0 Å². The first-order valence-corrected chi connectivity index (χ1v) is 7.54. The highest BCUT2D eigenvalue weighted by atomic mass is 35.5. The first-order chi connectivity index (χ1) is 8.99. The van der Waals surface area contributed by atoms with Gasteiger partial charge in [0.05, 0.1) is 15.1 Å². The van der Waals surface area contributed by atoms with Crippen LogP contribution in [0.25, 0.3) is 0 Å². The zero-order chi connectivity index (χ0) is 14.0. The summed E-state index contributed by atoms with van der Waals surface area (Å²) in [5.74, 6) is 0. The van der Waals surface area contributed by atoms with E-state index in [-0.39, 0.29) is 10.9 Å². The molecule has 2 rings (SSSR count). The molecule has 0 spiro atoms. The molecule has 0 fully saturated rings. The van der Waals surface area contributed by atoms with E-state index < -0.39 is 0 Å². The van der Waals surface area contributed by atoms with E-state index in [0.717, 1.165) is 22.6 Å². The van der Waals surface area contributed by atoms with E-state index in [2.05, 4.69) is 10.3 Å². The summed E-state index contributed by atoms with van der Waals surface area (Å²) in [6, 6.07) is 3.55. The van der Waals surface area contributed by atoms with E-state index in [4.69, 9.17) is 34.8 Å². The van der Waals surface area contributed by atoms with Gasteiger partial charge in [-0.3, -0.25) is 4.79 Å². The van der Waals surface area contributed by atoms with Crippen LogP contribution >= 0.6 is 46.1 Å². The molecule has 1 atom stereocenters. The van der Waals surface area contributed by atoms with Crippen LogP contribution in [0.3, 0.4) is 0 Å². The maximum atomic E-state index is 11.0. The fourth-order valence-electron chi connectivity index (χ4n) is 1.65. The van der Waals surface area contributed by atoms with Gasteiger partial charge in [0.25, 0.3) is 0 Å². The Morgan fingerprint density at radius 3 is 2.68 bits per heavy atom. The zero-order valence-corrected chi connectivity index (χ0v) is 13.1. The number of aromatic nitrogens is 1. The van der Waals surface area contributed by atoms with E-state index in [1.54, 1.807) is 11.4 Å². The van der Waals surface area contributed by atoms with Crippen LogP contribution in [0, 0.1) is 0 Å². The number of halogens is 3. The van der Waals surface area contributed by atoms with Gasteiger partial charge in [-0.2, -0.15) is 0 Å². The molecule has 0 radical (unpaired) electrons. The lowest BCUT2D eigenvalue weighted by molar-refractivity contribution is 0.569. The monoisotopic (exact) mass is 336 g/mol. The predicted molar refractivity (Wildman–Crippen MR) is 81.7 cm³/mol. The minimum absolute atomic E-state index is 0.00864. The summed E-state index contributed by atoms with van der Waals surface area (Å²) in [6.07, 6.45) is 0. The molecule has 0 saturated heterocycles. The molecule has 19 heavy (non-hydrogen) atoms. The number of rotatable bonds is 4. The van der Waals surface area contributed by atoms with E-state index >= 15 is 0 Å². The average Bonchev–Trinajstić information content (AvgIpc) is 2.79. The Bertz CT molecular complexity index is 638. The first-order valence-electron chi connectivity index (χ1n) is 5.52. The maximum Gasteiger partial charge on any atom is 0.304 e. The minimum atomic E-state index is -0.0583. The summed E-state index contributed by atoms with van der Waals surface area (Å²) in [5, 5.41) is 6.30. The van der Waals surface area contributed by atoms with Crippen LogP contribution in [0.4, 0.5) is 0 Å². The third kappa shape index (κ3) is 3.52. The van der Waals surface area contributed by atoms with Crippen LogP contribution in [0.2, 0.25) is 15.1 Å². The summed E-state index contributed by atoms with van der Waals surface area (Å²) in [7, 11) is 0. The molecule has 1 aromatic heterocycles. The Kier molecular flexibility index (Phi) is 4.92. The van der Waals surface area contributed by atoms with Gasteiger partial charge in [0, 0.05) is 23.7 Å². The lowest BCUT2D eigenvalue weighted by Crippen LogP contribution is -2.19. The van der Waals surface area contributed by atoms with E-state index in [9.17, 15) is 4.79 Å². The summed E-state index contributed by atoms with van der Waals surface area (Å²) in [6.45, 7) is 2.52. The molecule has 3 nitrogen and oxygen atoms in total. The molecule has 0 amide bonds. The molecular formula is C12H11Cl3N2OS. The second-order valence-corrected chi connectivity index (χ2v) is 6.05. The Balaban J connectivity index is 2.10. The Hall–Kier alpha value is -0.520. The average molecular weight is 338 g/mol. The lowest BCUT2D eigenvalue weighted by atomic mass is 10.1. The largest absolute Gasteiger partial charge is 0.315 e. The standard InChI is InChI=1S/C12H11Cl3N2OS/c1-6(16-4-7-5-19-12(18)17-7)8-2-3-9(13)11(15)10(8)14/h2-3,5-6,16H,4H2,1H3,(H,17,18). The lowest BCUT2D eigenvalue weighted by Gasteiger charge is -2.16. The maximum absolute atomic E-state index is 11.0. The van der Waals surface area contributed by atoms with Crippen molar-refractivity contribution in [3.05, 3.63) is 53.5 Å². The van der Waals surface area contributed by atoms with Crippen molar-refractivity contribution >= 4 is 46.1 Å². The topological polar surface area (TPSA) is 44.9 Å². The van der Waals surface area contributed by atoms with Crippen molar-refractivity contribution in [2.24, 2.45) is 0 Å². The van der Waals surface area contributed by atoms with Gasteiger partial charge in [-0.15, -0.1) is 0 Å². The van der Waals surface area contributed by atoms with Crippen molar-refractivity contribution in [1.82, 2.24) is 10.3 Å². The van der Waals surface area contributed by atoms with Gasteiger partial charge >= 0.3 is 4.87 Å². The number of thiazole rings is 1. The normalized spacial score (nSPS) is 12.6. The predicted octanol–water partition coefficient (Wildman–Crippen LogP) is 4.25. The van der Waals surface area contributed by atoms with Crippen LogP contribution < -0.4 is 10.2 Å². The number of nitrogens with one attached hydrogen (secondary N) is 2. The van der Waals surface area contributed by atoms with Gasteiger partial charge in [-0.05, 0) is 18.6 Å². The van der Waals surface area contributed by atoms with Crippen LogP contribution in [0.5, 0.6) is 0 Å². The number of benzene rings is 1. The van der Waals surface area contributed by atoms with Gasteiger partial charge in [0.15, 0.2) is 0 Å². The van der Waals surface area contributed by atoms with Gasteiger partial charge in [-0.1, -0.05) is 52.2 Å². The van der Waals surface area contributed by atoms with Crippen LogP contribution in [-0.4, -0.2) is 4.98 Å². The van der Waals surface area contributed by atoms with Crippen molar-refractivity contribution in [3.63, 3.8) is 0 Å². The molecule has 1 aromatic carbocycles. The van der Waals surface area contributed by atoms with Crippen molar-refractivity contribution in [2.45, 2.75) is 19.5 Å². The van der Waals surface area contributed by atoms with E-state index in [0.29, 0.717) is 21.6 Å². The molecule has 2 aromatic rings. The molecule has 0 bridgehead atoms. The first kappa shape index (κ1) is 14.9. The molecule has 1 heterocycles. The SMILES string of the molecule is CC(NCc1csc(=O)[nH]1)c1ccc(Cl)c(Cl)c1Cl. The second kappa shape index (κ2) is 6.29. The number of H-pyrrole nitrogens is 1. The third-order valence-corrected chi connectivity index (χ3v) is 4.73. The molecule has 0 aliphatic carbocycles. The highest BCUT2D eigenvalue weighted by molar-refractivity contribution is 7.07. The summed E-state index contributed by atoms with van der Waals surface area (Å²) in [5.41, 5.74) is 1.71. The highest BCUT2D eigenvalue weighted by Gasteiger charge is 2.14. The zero-order valence-electron chi connectivity index (χ0n) is 9.97. The van der Waals surface area contributed by atoms with Crippen molar-refractivity contribution in [1.29, 1.82) is 0 Å². The number of hydrogen-bond acceptors (Lipinski definition) is 3. The highest BCUT2D eigenvalue weighted by Crippen LogP contribution is 2.35. The second-order valence-electron chi connectivity index (χ2n) is 4.04. The molecule has 7 heteroatoms. The molecule has 1 unspecified atom stereocenters. The summed E-state index contributed by atoms with van der Waals surface area (Å²) < 4.78 is 0. The Labute approximate surface area is 129 Å². The van der Waals surface area contributed by atoms with Crippen molar-refractivity contribution in [3.8, 4) is 0 Å². The van der Waals surface area contributed by atoms with Crippen molar-refractivity contribution in [2.75, 3.05) is 0 Å². The fraction of sp³-hybridized carbons (Fsp3) is 0.250. The van der Waals surface area contributed by atoms with Crippen LogP contribution in [0.15, 0.2) is 22.3 Å². The summed E-state index contributed by atoms with van der Waals surface area (Å²) in [4.78, 5) is 13.7. The molecule has 2 N–H and O–H groups in total. The van der Waals surface area contributed by atoms with Gasteiger partial charge < -0.3 is 10.3 Å². The molecule has 0 aliphatic heterocycles. The Morgan fingerprint density at radius 1 is 1.32 bits per heavy atom. The van der Waals surface area contributed by atoms with Crippen LogP contribution in [-0.2, 0) is 6.54 Å². The molecule has 0 saturated carbocycles. The molecule has 0 aliphatic rings. The van der Waals surface area contributed by atoms with Gasteiger partial charge in [-0.25, -0.2) is 0 Å². The number of aromatic amines is 1. The quantitative estimate of drug-likeness (QED) is 0.819. The fourth-order valence-corrected chi connectivity index (χ4v) is 2.94. The minimum Gasteiger partial charge on any atom is -0.315 e. The smallest absolute Gasteiger partial charge is 0.304 e. The van der Waals surface area contributed by atoms with E-state index in [1.807, 2.05) is 13.0 Å². The third-order valence-electron chi connectivity index (χ3n) is 2.70. The Morgan fingerprint density at radius 2 is 2.05 bits per heavy atom. The van der Waals surface area contributed by atoms with Gasteiger partial charge in [0.2, 0.25) is 0 Å².